The van der Waals surface area contributed by atoms with E-state index in [-0.39, 0.29) is 12.3 Å². The molecule has 1 aromatic rings. The highest BCUT2D eigenvalue weighted by Crippen LogP contribution is 2.09. The summed E-state index contributed by atoms with van der Waals surface area (Å²) < 4.78 is 4.91. The summed E-state index contributed by atoms with van der Waals surface area (Å²) in [6.45, 7) is 2.40. The average molecular weight is 227 g/mol. The third-order valence-electron chi connectivity index (χ3n) is 2.12. The smallest absolute Gasteiger partial charge is 0.337 e. The summed E-state index contributed by atoms with van der Waals surface area (Å²) in [5.41, 5.74) is -1.34. The summed E-state index contributed by atoms with van der Waals surface area (Å²) in [6.07, 6.45) is 1.36. The number of amides is 1. The van der Waals surface area contributed by atoms with E-state index < -0.39 is 17.5 Å². The van der Waals surface area contributed by atoms with E-state index in [9.17, 15) is 14.7 Å². The Kier molecular flexibility index (Phi) is 3.34. The van der Waals surface area contributed by atoms with Crippen molar-refractivity contribution < 1.29 is 24.2 Å². The van der Waals surface area contributed by atoms with Gasteiger partial charge in [0.05, 0.1) is 12.8 Å². The fourth-order valence-corrected chi connectivity index (χ4v) is 1.01. The molecule has 0 saturated carbocycles. The number of carboxylic acid groups (broad SMARTS) is 1. The lowest BCUT2D eigenvalue weighted by molar-refractivity contribution is -0.155. The van der Waals surface area contributed by atoms with Crippen LogP contribution in [0.4, 0.5) is 0 Å². The van der Waals surface area contributed by atoms with Crippen LogP contribution in [-0.4, -0.2) is 34.2 Å². The van der Waals surface area contributed by atoms with Crippen LogP contribution in [0.25, 0.3) is 0 Å². The quantitative estimate of drug-likeness (QED) is 0.680. The number of furan rings is 1. The minimum Gasteiger partial charge on any atom is -0.479 e. The fourth-order valence-electron chi connectivity index (χ4n) is 1.01. The maximum atomic E-state index is 11.5. The highest BCUT2D eigenvalue weighted by Gasteiger charge is 2.30. The molecule has 1 atom stereocenters. The van der Waals surface area contributed by atoms with Crippen LogP contribution in [0, 0.1) is 6.92 Å². The topological polar surface area (TPSA) is 99.8 Å². The third-order valence-corrected chi connectivity index (χ3v) is 2.12. The Morgan fingerprint density at radius 3 is 2.62 bits per heavy atom. The Labute approximate surface area is 91.9 Å². The molecule has 0 aliphatic rings. The lowest BCUT2D eigenvalue weighted by Crippen LogP contribution is -2.46. The van der Waals surface area contributed by atoms with Crippen LogP contribution in [0.2, 0.25) is 0 Å². The molecular formula is C10H13NO5. The van der Waals surface area contributed by atoms with Gasteiger partial charge in [-0.1, -0.05) is 0 Å². The minimum absolute atomic E-state index is 0.112. The molecule has 3 N–H and O–H groups in total. The molecule has 88 valence electrons. The van der Waals surface area contributed by atoms with Gasteiger partial charge in [0.15, 0.2) is 11.4 Å². The van der Waals surface area contributed by atoms with Gasteiger partial charge in [-0.3, -0.25) is 4.79 Å². The van der Waals surface area contributed by atoms with Crippen molar-refractivity contribution in [1.82, 2.24) is 5.32 Å². The van der Waals surface area contributed by atoms with Crippen molar-refractivity contribution in [3.05, 3.63) is 23.7 Å². The highest BCUT2D eigenvalue weighted by molar-refractivity contribution is 5.93. The number of aliphatic carboxylic acids is 1. The molecule has 0 spiro atoms. The highest BCUT2D eigenvalue weighted by atomic mass is 16.4. The van der Waals surface area contributed by atoms with Crippen molar-refractivity contribution in [2.45, 2.75) is 19.4 Å². The predicted octanol–water partition coefficient (Wildman–Crippen LogP) is 0.153. The van der Waals surface area contributed by atoms with Gasteiger partial charge in [-0.15, -0.1) is 0 Å². The SMILES string of the molecule is Cc1ccoc1C(=O)NCC(C)(O)C(=O)O. The van der Waals surface area contributed by atoms with E-state index in [1.54, 1.807) is 13.0 Å². The molecule has 0 saturated heterocycles. The molecule has 1 heterocycles. The first-order valence-corrected chi connectivity index (χ1v) is 4.62. The minimum atomic E-state index is -1.99. The van der Waals surface area contributed by atoms with Crippen molar-refractivity contribution in [1.29, 1.82) is 0 Å². The number of hydrogen-bond donors (Lipinski definition) is 3. The van der Waals surface area contributed by atoms with Gasteiger partial charge in [0, 0.05) is 5.56 Å². The zero-order valence-electron chi connectivity index (χ0n) is 8.98. The summed E-state index contributed by atoms with van der Waals surface area (Å²) >= 11 is 0. The van der Waals surface area contributed by atoms with E-state index in [2.05, 4.69) is 5.32 Å². The first-order valence-electron chi connectivity index (χ1n) is 4.62. The summed E-state index contributed by atoms with van der Waals surface area (Å²) in [4.78, 5) is 22.0. The van der Waals surface area contributed by atoms with Gasteiger partial charge < -0.3 is 19.9 Å². The second kappa shape index (κ2) is 4.36. The van der Waals surface area contributed by atoms with E-state index in [0.29, 0.717) is 5.56 Å². The van der Waals surface area contributed by atoms with Crippen molar-refractivity contribution in [2.75, 3.05) is 6.54 Å². The molecule has 0 bridgehead atoms. The summed E-state index contributed by atoms with van der Waals surface area (Å²) in [6, 6.07) is 1.62. The van der Waals surface area contributed by atoms with Crippen molar-refractivity contribution in [3.8, 4) is 0 Å². The van der Waals surface area contributed by atoms with Crippen LogP contribution in [0.15, 0.2) is 16.7 Å². The van der Waals surface area contributed by atoms with Crippen molar-refractivity contribution >= 4 is 11.9 Å². The molecule has 1 amide bonds. The van der Waals surface area contributed by atoms with Gasteiger partial charge in [-0.05, 0) is 19.9 Å². The van der Waals surface area contributed by atoms with Crippen LogP contribution in [0.3, 0.4) is 0 Å². The molecule has 0 aliphatic carbocycles. The molecule has 0 aromatic carbocycles. The number of aryl methyl sites for hydroxylation is 1. The molecule has 1 unspecified atom stereocenters. The van der Waals surface area contributed by atoms with E-state index in [1.165, 1.54) is 6.26 Å². The molecule has 6 heteroatoms. The van der Waals surface area contributed by atoms with Gasteiger partial charge in [0.2, 0.25) is 0 Å². The Bertz CT molecular complexity index is 407. The summed E-state index contributed by atoms with van der Waals surface area (Å²) in [5, 5.41) is 20.3. The number of carbonyl (C=O) groups is 2. The normalized spacial score (nSPS) is 14.2. The molecule has 1 aromatic heterocycles. The van der Waals surface area contributed by atoms with E-state index >= 15 is 0 Å². The Morgan fingerprint density at radius 1 is 1.56 bits per heavy atom. The first-order chi connectivity index (χ1) is 7.34. The zero-order chi connectivity index (χ0) is 12.3. The maximum Gasteiger partial charge on any atom is 0.337 e. The fraction of sp³-hybridized carbons (Fsp3) is 0.400. The molecule has 16 heavy (non-hydrogen) atoms. The molecule has 1 rings (SSSR count). The van der Waals surface area contributed by atoms with Crippen LogP contribution in [0.5, 0.6) is 0 Å². The number of carboxylic acids is 1. The molecule has 6 nitrogen and oxygen atoms in total. The summed E-state index contributed by atoms with van der Waals surface area (Å²) in [7, 11) is 0. The number of nitrogens with one attached hydrogen (secondary N) is 1. The average Bonchev–Trinajstić information content (AvgIpc) is 2.61. The van der Waals surface area contributed by atoms with Crippen LogP contribution >= 0.6 is 0 Å². The van der Waals surface area contributed by atoms with Crippen molar-refractivity contribution in [3.63, 3.8) is 0 Å². The van der Waals surface area contributed by atoms with Gasteiger partial charge in [-0.25, -0.2) is 4.79 Å². The maximum absolute atomic E-state index is 11.5. The van der Waals surface area contributed by atoms with Gasteiger partial charge in [0.25, 0.3) is 5.91 Å². The third kappa shape index (κ3) is 2.60. The first kappa shape index (κ1) is 12.3. The number of rotatable bonds is 4. The standard InChI is InChI=1S/C10H13NO5/c1-6-3-4-16-7(6)8(12)11-5-10(2,15)9(13)14/h3-4,15H,5H2,1-2H3,(H,11,12)(H,13,14). The van der Waals surface area contributed by atoms with E-state index in [1.807, 2.05) is 0 Å². The van der Waals surface area contributed by atoms with Crippen LogP contribution in [0.1, 0.15) is 23.0 Å². The predicted molar refractivity (Wildman–Crippen MR) is 54.0 cm³/mol. The van der Waals surface area contributed by atoms with E-state index in [0.717, 1.165) is 6.92 Å². The largest absolute Gasteiger partial charge is 0.479 e. The van der Waals surface area contributed by atoms with Crippen LogP contribution < -0.4 is 5.32 Å². The Hall–Kier alpha value is -1.82. The lowest BCUT2D eigenvalue weighted by Gasteiger charge is -2.17. The van der Waals surface area contributed by atoms with Gasteiger partial charge in [0.1, 0.15) is 0 Å². The second-order valence-electron chi connectivity index (χ2n) is 3.69. The molecule has 0 aliphatic heterocycles. The number of hydrogen-bond acceptors (Lipinski definition) is 4. The molecular weight excluding hydrogens is 214 g/mol. The Morgan fingerprint density at radius 2 is 2.19 bits per heavy atom. The lowest BCUT2D eigenvalue weighted by atomic mass is 10.1. The number of carbonyl (C=O) groups excluding carboxylic acids is 1. The van der Waals surface area contributed by atoms with E-state index in [4.69, 9.17) is 9.52 Å². The van der Waals surface area contributed by atoms with Crippen LogP contribution in [-0.2, 0) is 4.79 Å². The number of aliphatic hydroxyl groups is 1. The second-order valence-corrected chi connectivity index (χ2v) is 3.69. The zero-order valence-corrected chi connectivity index (χ0v) is 8.98. The Balaban J connectivity index is 2.61. The monoisotopic (exact) mass is 227 g/mol. The van der Waals surface area contributed by atoms with Gasteiger partial charge in [-0.2, -0.15) is 0 Å². The molecule has 0 fully saturated rings. The van der Waals surface area contributed by atoms with Crippen molar-refractivity contribution in [2.24, 2.45) is 0 Å². The molecule has 0 radical (unpaired) electrons. The van der Waals surface area contributed by atoms with Gasteiger partial charge >= 0.3 is 5.97 Å². The summed E-state index contributed by atoms with van der Waals surface area (Å²) in [5.74, 6) is -1.84.